The van der Waals surface area contributed by atoms with Gasteiger partial charge in [0.2, 0.25) is 0 Å². The van der Waals surface area contributed by atoms with E-state index in [1.165, 1.54) is 0 Å². The van der Waals surface area contributed by atoms with Gasteiger partial charge in [0.25, 0.3) is 5.92 Å². The summed E-state index contributed by atoms with van der Waals surface area (Å²) in [5, 5.41) is 8.43. The first-order valence-electron chi connectivity index (χ1n) is 4.19. The number of hydrogen-bond acceptors (Lipinski definition) is 1. The van der Waals surface area contributed by atoms with E-state index < -0.39 is 24.1 Å². The highest BCUT2D eigenvalue weighted by Gasteiger charge is 2.25. The van der Waals surface area contributed by atoms with Crippen molar-refractivity contribution in [3.8, 4) is 0 Å². The second-order valence-electron chi connectivity index (χ2n) is 3.27. The predicted molar refractivity (Wildman–Crippen MR) is 47.3 cm³/mol. The summed E-state index contributed by atoms with van der Waals surface area (Å²) in [6.07, 6.45) is -0.601. The summed E-state index contributed by atoms with van der Waals surface area (Å²) in [6, 6.07) is 2.68. The molecular weight excluding hydrogens is 209 g/mol. The van der Waals surface area contributed by atoms with Crippen LogP contribution in [0.15, 0.2) is 18.2 Å². The lowest BCUT2D eigenvalue weighted by atomic mass is 10.0. The highest BCUT2D eigenvalue weighted by atomic mass is 19.3. The molecule has 0 unspecified atom stereocenters. The predicted octanol–water partition coefficient (Wildman–Crippen LogP) is 2.56. The van der Waals surface area contributed by atoms with Crippen molar-refractivity contribution in [2.45, 2.75) is 19.3 Å². The number of carboxylic acids is 1. The van der Waals surface area contributed by atoms with Crippen LogP contribution in [0.3, 0.4) is 0 Å². The summed E-state index contributed by atoms with van der Waals surface area (Å²) in [7, 11) is 0. The van der Waals surface area contributed by atoms with Gasteiger partial charge in [0.1, 0.15) is 5.82 Å². The Morgan fingerprint density at radius 3 is 2.53 bits per heavy atom. The third kappa shape index (κ3) is 2.97. The van der Waals surface area contributed by atoms with Gasteiger partial charge in [-0.2, -0.15) is 0 Å². The van der Waals surface area contributed by atoms with Crippen LogP contribution < -0.4 is 0 Å². The molecule has 0 aliphatic heterocycles. The molecule has 0 fully saturated rings. The standard InChI is InChI=1S/C10H9F3O2/c1-10(12,13)7-2-3-8(11)6(4-7)5-9(14)15/h2-4H,5H2,1H3,(H,14,15). The molecule has 0 aliphatic carbocycles. The van der Waals surface area contributed by atoms with Crippen LogP contribution in [0.5, 0.6) is 0 Å². The lowest BCUT2D eigenvalue weighted by Gasteiger charge is -2.11. The molecule has 1 aromatic rings. The van der Waals surface area contributed by atoms with Gasteiger partial charge in [0.15, 0.2) is 0 Å². The second kappa shape index (κ2) is 3.92. The van der Waals surface area contributed by atoms with Gasteiger partial charge < -0.3 is 5.11 Å². The van der Waals surface area contributed by atoms with Gasteiger partial charge in [-0.3, -0.25) is 4.79 Å². The van der Waals surface area contributed by atoms with Crippen molar-refractivity contribution in [1.82, 2.24) is 0 Å². The van der Waals surface area contributed by atoms with Gasteiger partial charge in [-0.1, -0.05) is 6.07 Å². The summed E-state index contributed by atoms with van der Waals surface area (Å²) in [5.41, 5.74) is -0.623. The van der Waals surface area contributed by atoms with Crippen LogP contribution in [-0.4, -0.2) is 11.1 Å². The number of benzene rings is 1. The van der Waals surface area contributed by atoms with Gasteiger partial charge in [-0.05, 0) is 17.7 Å². The van der Waals surface area contributed by atoms with E-state index in [9.17, 15) is 18.0 Å². The Labute approximate surface area is 84.3 Å². The molecule has 0 bridgehead atoms. The highest BCUT2D eigenvalue weighted by molar-refractivity contribution is 5.70. The molecule has 0 aromatic heterocycles. The number of rotatable bonds is 3. The number of aliphatic carboxylic acids is 1. The Morgan fingerprint density at radius 1 is 1.47 bits per heavy atom. The van der Waals surface area contributed by atoms with E-state index >= 15 is 0 Å². The largest absolute Gasteiger partial charge is 0.481 e. The Balaban J connectivity index is 3.11. The quantitative estimate of drug-likeness (QED) is 0.846. The van der Waals surface area contributed by atoms with E-state index in [0.717, 1.165) is 18.2 Å². The molecule has 0 saturated heterocycles. The minimum absolute atomic E-state index is 0.235. The first-order valence-corrected chi connectivity index (χ1v) is 4.19. The summed E-state index contributed by atoms with van der Waals surface area (Å²) in [5.74, 6) is -5.14. The van der Waals surface area contributed by atoms with Crippen molar-refractivity contribution in [2.75, 3.05) is 0 Å². The molecule has 0 atom stereocenters. The van der Waals surface area contributed by atoms with E-state index in [4.69, 9.17) is 5.11 Å². The molecule has 15 heavy (non-hydrogen) atoms. The van der Waals surface area contributed by atoms with Gasteiger partial charge in [-0.25, -0.2) is 13.2 Å². The highest BCUT2D eigenvalue weighted by Crippen LogP contribution is 2.28. The summed E-state index contributed by atoms with van der Waals surface area (Å²) >= 11 is 0. The summed E-state index contributed by atoms with van der Waals surface area (Å²) in [4.78, 5) is 10.3. The maximum Gasteiger partial charge on any atom is 0.307 e. The average molecular weight is 218 g/mol. The van der Waals surface area contributed by atoms with Crippen molar-refractivity contribution in [2.24, 2.45) is 0 Å². The smallest absolute Gasteiger partial charge is 0.307 e. The van der Waals surface area contributed by atoms with E-state index in [1.807, 2.05) is 0 Å². The van der Waals surface area contributed by atoms with Crippen molar-refractivity contribution in [3.05, 3.63) is 35.1 Å². The van der Waals surface area contributed by atoms with Crippen molar-refractivity contribution in [3.63, 3.8) is 0 Å². The Hall–Kier alpha value is -1.52. The fourth-order valence-corrected chi connectivity index (χ4v) is 1.15. The van der Waals surface area contributed by atoms with Crippen molar-refractivity contribution < 1.29 is 23.1 Å². The zero-order valence-electron chi connectivity index (χ0n) is 7.93. The van der Waals surface area contributed by atoms with E-state index in [-0.39, 0.29) is 11.1 Å². The fourth-order valence-electron chi connectivity index (χ4n) is 1.15. The van der Waals surface area contributed by atoms with Crippen LogP contribution >= 0.6 is 0 Å². The van der Waals surface area contributed by atoms with Crippen LogP contribution in [0.1, 0.15) is 18.1 Å². The zero-order chi connectivity index (χ0) is 11.6. The molecule has 0 amide bonds. The Bertz CT molecular complexity index is 383. The molecule has 1 N–H and O–H groups in total. The monoisotopic (exact) mass is 218 g/mol. The molecule has 0 heterocycles. The molecule has 1 aromatic carbocycles. The van der Waals surface area contributed by atoms with Crippen LogP contribution in [0, 0.1) is 5.82 Å². The molecule has 0 radical (unpaired) electrons. The summed E-state index contributed by atoms with van der Waals surface area (Å²) in [6.45, 7) is 0.671. The third-order valence-electron chi connectivity index (χ3n) is 1.89. The Morgan fingerprint density at radius 2 is 2.07 bits per heavy atom. The normalized spacial score (nSPS) is 11.5. The molecule has 1 rings (SSSR count). The molecule has 0 saturated carbocycles. The minimum Gasteiger partial charge on any atom is -0.481 e. The van der Waals surface area contributed by atoms with Gasteiger partial charge in [0.05, 0.1) is 6.42 Å². The molecule has 82 valence electrons. The van der Waals surface area contributed by atoms with E-state index in [2.05, 4.69) is 0 Å². The third-order valence-corrected chi connectivity index (χ3v) is 1.89. The van der Waals surface area contributed by atoms with Gasteiger partial charge >= 0.3 is 5.97 Å². The first kappa shape index (κ1) is 11.6. The molecule has 0 spiro atoms. The number of alkyl halides is 2. The second-order valence-corrected chi connectivity index (χ2v) is 3.27. The topological polar surface area (TPSA) is 37.3 Å². The maximum absolute atomic E-state index is 13.0. The maximum atomic E-state index is 13.0. The first-order chi connectivity index (χ1) is 6.80. The number of carboxylic acid groups (broad SMARTS) is 1. The number of halogens is 3. The van der Waals surface area contributed by atoms with Crippen molar-refractivity contribution in [1.29, 1.82) is 0 Å². The van der Waals surface area contributed by atoms with Crippen molar-refractivity contribution >= 4 is 5.97 Å². The molecular formula is C10H9F3O2. The lowest BCUT2D eigenvalue weighted by Crippen LogP contribution is -2.10. The fraction of sp³-hybridized carbons (Fsp3) is 0.300. The van der Waals surface area contributed by atoms with Crippen LogP contribution in [-0.2, 0) is 17.1 Å². The van der Waals surface area contributed by atoms with E-state index in [1.54, 1.807) is 0 Å². The Kier molecular flexibility index (Phi) is 3.02. The number of hydrogen-bond donors (Lipinski definition) is 1. The minimum atomic E-state index is -3.10. The van der Waals surface area contributed by atoms with Crippen LogP contribution in [0.25, 0.3) is 0 Å². The average Bonchev–Trinajstić information content (AvgIpc) is 2.06. The van der Waals surface area contributed by atoms with Crippen LogP contribution in [0.4, 0.5) is 13.2 Å². The van der Waals surface area contributed by atoms with E-state index in [0.29, 0.717) is 6.92 Å². The zero-order valence-corrected chi connectivity index (χ0v) is 7.93. The lowest BCUT2D eigenvalue weighted by molar-refractivity contribution is -0.136. The number of carbonyl (C=O) groups is 1. The molecule has 5 heteroatoms. The van der Waals surface area contributed by atoms with Gasteiger partial charge in [0, 0.05) is 12.5 Å². The summed E-state index contributed by atoms with van der Waals surface area (Å²) < 4.78 is 38.7. The van der Waals surface area contributed by atoms with Gasteiger partial charge in [-0.15, -0.1) is 0 Å². The SMILES string of the molecule is CC(F)(F)c1ccc(F)c(CC(=O)O)c1. The molecule has 2 nitrogen and oxygen atoms in total. The molecule has 0 aliphatic rings. The van der Waals surface area contributed by atoms with Crippen LogP contribution in [0.2, 0.25) is 0 Å².